The van der Waals surface area contributed by atoms with E-state index in [-0.39, 0.29) is 18.6 Å². The third-order valence-corrected chi connectivity index (χ3v) is 6.52. The number of benzene rings is 2. The minimum atomic E-state index is -1.74. The number of aromatic nitrogens is 1. The molecule has 2 aromatic carbocycles. The van der Waals surface area contributed by atoms with Gasteiger partial charge in [0.1, 0.15) is 23.9 Å². The van der Waals surface area contributed by atoms with Gasteiger partial charge in [-0.25, -0.2) is 4.79 Å². The molecular formula is C28H33N5O9. The Morgan fingerprint density at radius 3 is 2.12 bits per heavy atom. The number of rotatable bonds is 14. The molecule has 0 aliphatic heterocycles. The van der Waals surface area contributed by atoms with Gasteiger partial charge in [0.25, 0.3) is 0 Å². The molecular weight excluding hydrogens is 550 g/mol. The minimum absolute atomic E-state index is 0.0439. The van der Waals surface area contributed by atoms with Crippen molar-refractivity contribution in [1.82, 2.24) is 20.9 Å². The van der Waals surface area contributed by atoms with E-state index in [1.807, 2.05) is 24.3 Å². The number of aliphatic hydroxyl groups is 1. The SMILES string of the molecule is CC(O)C(NC(=O)C(N)Cc1c[nH]c2ccccc12)C(=O)NC(CC(=O)O)C(=O)NC(Cc1ccc(O)cc1)C(=O)O. The fraction of sp³-hybridized carbons (Fsp3) is 0.321. The minimum Gasteiger partial charge on any atom is -0.508 e. The molecule has 0 saturated carbocycles. The highest BCUT2D eigenvalue weighted by molar-refractivity contribution is 5.96. The summed E-state index contributed by atoms with van der Waals surface area (Å²) in [4.78, 5) is 65.1. The van der Waals surface area contributed by atoms with Crippen molar-refractivity contribution in [3.8, 4) is 5.75 Å². The second kappa shape index (κ2) is 14.1. The van der Waals surface area contributed by atoms with Crippen LogP contribution in [-0.2, 0) is 36.8 Å². The zero-order valence-electron chi connectivity index (χ0n) is 22.6. The molecule has 1 aromatic heterocycles. The van der Waals surface area contributed by atoms with E-state index < -0.39 is 66.4 Å². The maximum absolute atomic E-state index is 13.0. The van der Waals surface area contributed by atoms with Crippen LogP contribution in [-0.4, -0.2) is 85.3 Å². The molecule has 0 radical (unpaired) electrons. The van der Waals surface area contributed by atoms with E-state index in [2.05, 4.69) is 20.9 Å². The van der Waals surface area contributed by atoms with Crippen molar-refractivity contribution in [2.75, 3.05) is 0 Å². The van der Waals surface area contributed by atoms with E-state index in [0.29, 0.717) is 5.56 Å². The lowest BCUT2D eigenvalue weighted by atomic mass is 10.0. The smallest absolute Gasteiger partial charge is 0.326 e. The number of aromatic hydroxyl groups is 1. The number of hydrogen-bond acceptors (Lipinski definition) is 8. The Labute approximate surface area is 239 Å². The molecule has 3 aromatic rings. The molecule has 0 aliphatic rings. The number of carbonyl (C=O) groups excluding carboxylic acids is 3. The third kappa shape index (κ3) is 8.52. The van der Waals surface area contributed by atoms with Crippen LogP contribution >= 0.6 is 0 Å². The number of aromatic amines is 1. The number of fused-ring (bicyclic) bond motifs is 1. The van der Waals surface area contributed by atoms with Gasteiger partial charge in [-0.2, -0.15) is 0 Å². The van der Waals surface area contributed by atoms with Gasteiger partial charge in [0, 0.05) is 23.5 Å². The van der Waals surface area contributed by atoms with Crippen molar-refractivity contribution in [2.45, 2.75) is 56.5 Å². The van der Waals surface area contributed by atoms with Gasteiger partial charge in [0.15, 0.2) is 0 Å². The number of hydrogen-bond donors (Lipinski definition) is 9. The first-order chi connectivity index (χ1) is 19.8. The zero-order chi connectivity index (χ0) is 31.0. The standard InChI is InChI=1S/C28H33N5O9/c1-14(34)24(33-25(38)19(29)11-16-13-30-20-5-3-2-4-18(16)20)27(40)31-21(12-23(36)37)26(39)32-22(28(41)42)10-15-6-8-17(35)9-7-15/h2-9,13-14,19,21-22,24,30,34-35H,10-12,29H2,1H3,(H,31,40)(H,32,39)(H,33,38)(H,36,37)(H,41,42). The first-order valence-corrected chi connectivity index (χ1v) is 13.0. The van der Waals surface area contributed by atoms with Gasteiger partial charge in [-0.1, -0.05) is 30.3 Å². The number of H-pyrrole nitrogens is 1. The van der Waals surface area contributed by atoms with E-state index in [1.54, 1.807) is 6.20 Å². The molecule has 0 aliphatic carbocycles. The summed E-state index contributed by atoms with van der Waals surface area (Å²) in [5, 5.41) is 46.1. The molecule has 5 atom stereocenters. The Hall–Kier alpha value is -4.95. The summed E-state index contributed by atoms with van der Waals surface area (Å²) in [6, 6.07) is 6.99. The van der Waals surface area contributed by atoms with Crippen molar-refractivity contribution in [3.63, 3.8) is 0 Å². The Bertz CT molecular complexity index is 1440. The van der Waals surface area contributed by atoms with Crippen LogP contribution in [0.5, 0.6) is 5.75 Å². The second-order valence-electron chi connectivity index (χ2n) is 9.83. The van der Waals surface area contributed by atoms with Gasteiger partial charge in [-0.3, -0.25) is 19.2 Å². The van der Waals surface area contributed by atoms with E-state index >= 15 is 0 Å². The van der Waals surface area contributed by atoms with Crippen molar-refractivity contribution in [1.29, 1.82) is 0 Å². The van der Waals surface area contributed by atoms with Crippen LogP contribution < -0.4 is 21.7 Å². The predicted molar refractivity (Wildman–Crippen MR) is 149 cm³/mol. The Balaban J connectivity index is 1.68. The summed E-state index contributed by atoms with van der Waals surface area (Å²) in [7, 11) is 0. The molecule has 14 heteroatoms. The summed E-state index contributed by atoms with van der Waals surface area (Å²) >= 11 is 0. The molecule has 0 fully saturated rings. The number of phenols is 1. The van der Waals surface area contributed by atoms with Gasteiger partial charge in [0.05, 0.1) is 18.6 Å². The molecule has 3 amide bonds. The maximum Gasteiger partial charge on any atom is 0.326 e. The van der Waals surface area contributed by atoms with Crippen LogP contribution in [0, 0.1) is 0 Å². The number of nitrogens with two attached hydrogens (primary N) is 1. The largest absolute Gasteiger partial charge is 0.508 e. The highest BCUT2D eigenvalue weighted by atomic mass is 16.4. The number of carboxylic acid groups (broad SMARTS) is 2. The first kappa shape index (κ1) is 31.6. The highest BCUT2D eigenvalue weighted by Crippen LogP contribution is 2.19. The van der Waals surface area contributed by atoms with Gasteiger partial charge >= 0.3 is 11.9 Å². The maximum atomic E-state index is 13.0. The molecule has 1 heterocycles. The topological polar surface area (TPSA) is 244 Å². The predicted octanol–water partition coefficient (Wildman–Crippen LogP) is -0.619. The number of para-hydroxylation sites is 1. The molecule has 3 rings (SSSR count). The van der Waals surface area contributed by atoms with Crippen molar-refractivity contribution >= 4 is 40.6 Å². The molecule has 5 unspecified atom stereocenters. The lowest BCUT2D eigenvalue weighted by molar-refractivity contribution is -0.143. The fourth-order valence-corrected chi connectivity index (χ4v) is 4.28. The number of carboxylic acids is 2. The van der Waals surface area contributed by atoms with Crippen LogP contribution in [0.4, 0.5) is 0 Å². The Morgan fingerprint density at radius 2 is 1.50 bits per heavy atom. The van der Waals surface area contributed by atoms with Crippen molar-refractivity contribution in [2.24, 2.45) is 5.73 Å². The Morgan fingerprint density at radius 1 is 0.857 bits per heavy atom. The number of nitrogens with one attached hydrogen (secondary N) is 4. The average molecular weight is 584 g/mol. The van der Waals surface area contributed by atoms with Crippen LogP contribution in [0.3, 0.4) is 0 Å². The lowest BCUT2D eigenvalue weighted by Gasteiger charge is -2.26. The summed E-state index contributed by atoms with van der Waals surface area (Å²) in [5.74, 6) is -5.90. The summed E-state index contributed by atoms with van der Waals surface area (Å²) in [5.41, 5.74) is 8.13. The number of phenolic OH excluding ortho intramolecular Hbond substituents is 1. The zero-order valence-corrected chi connectivity index (χ0v) is 22.6. The molecule has 0 saturated heterocycles. The van der Waals surface area contributed by atoms with E-state index in [9.17, 15) is 44.4 Å². The van der Waals surface area contributed by atoms with Gasteiger partial charge in [-0.15, -0.1) is 0 Å². The molecule has 42 heavy (non-hydrogen) atoms. The summed E-state index contributed by atoms with van der Waals surface area (Å²) in [6.07, 6.45) is -0.771. The van der Waals surface area contributed by atoms with Crippen LogP contribution in [0.2, 0.25) is 0 Å². The molecule has 224 valence electrons. The Kier molecular flexibility index (Phi) is 10.6. The molecule has 14 nitrogen and oxygen atoms in total. The van der Waals surface area contributed by atoms with Crippen LogP contribution in [0.25, 0.3) is 10.9 Å². The second-order valence-corrected chi connectivity index (χ2v) is 9.83. The van der Waals surface area contributed by atoms with Gasteiger partial charge in [-0.05, 0) is 42.7 Å². The van der Waals surface area contributed by atoms with Crippen molar-refractivity contribution in [3.05, 3.63) is 65.9 Å². The highest BCUT2D eigenvalue weighted by Gasteiger charge is 2.33. The molecule has 0 spiro atoms. The fourth-order valence-electron chi connectivity index (χ4n) is 4.28. The number of amides is 3. The van der Waals surface area contributed by atoms with Crippen LogP contribution in [0.1, 0.15) is 24.5 Å². The lowest BCUT2D eigenvalue weighted by Crippen LogP contribution is -2.60. The molecule has 0 bridgehead atoms. The van der Waals surface area contributed by atoms with E-state index in [1.165, 1.54) is 31.2 Å². The monoisotopic (exact) mass is 583 g/mol. The van der Waals surface area contributed by atoms with Gasteiger partial charge in [0.2, 0.25) is 17.7 Å². The number of carbonyl (C=O) groups is 5. The first-order valence-electron chi connectivity index (χ1n) is 13.0. The molecule has 10 N–H and O–H groups in total. The van der Waals surface area contributed by atoms with E-state index in [4.69, 9.17) is 5.73 Å². The van der Waals surface area contributed by atoms with Crippen LogP contribution in [0.15, 0.2) is 54.7 Å². The summed E-state index contributed by atoms with van der Waals surface area (Å²) in [6.45, 7) is 1.21. The number of aliphatic carboxylic acids is 2. The van der Waals surface area contributed by atoms with Gasteiger partial charge < -0.3 is 47.1 Å². The summed E-state index contributed by atoms with van der Waals surface area (Å²) < 4.78 is 0. The third-order valence-electron chi connectivity index (χ3n) is 6.52. The number of aliphatic hydroxyl groups excluding tert-OH is 1. The van der Waals surface area contributed by atoms with Crippen molar-refractivity contribution < 1.29 is 44.4 Å². The normalized spacial score (nSPS) is 14.6. The quantitative estimate of drug-likeness (QED) is 0.116. The van der Waals surface area contributed by atoms with E-state index in [0.717, 1.165) is 16.5 Å². The average Bonchev–Trinajstić information content (AvgIpc) is 3.33.